The number of nitrogens with zero attached hydrogens (tertiary/aromatic N) is 2. The van der Waals surface area contributed by atoms with Crippen LogP contribution in [0.15, 0.2) is 0 Å². The summed E-state index contributed by atoms with van der Waals surface area (Å²) >= 11 is 0. The van der Waals surface area contributed by atoms with E-state index >= 15 is 0 Å². The van der Waals surface area contributed by atoms with Gasteiger partial charge in [-0.15, -0.1) is 0 Å². The van der Waals surface area contributed by atoms with E-state index in [-0.39, 0.29) is 5.91 Å². The average Bonchev–Trinajstić information content (AvgIpc) is 2.76. The summed E-state index contributed by atoms with van der Waals surface area (Å²) in [5, 5.41) is 2.65. The average molecular weight is 295 g/mol. The van der Waals surface area contributed by atoms with Crippen LogP contribution >= 0.6 is 0 Å². The van der Waals surface area contributed by atoms with Gasteiger partial charge >= 0.3 is 6.09 Å². The first-order chi connectivity index (χ1) is 10.0. The molecule has 1 saturated heterocycles. The summed E-state index contributed by atoms with van der Waals surface area (Å²) in [7, 11) is 3.88. The maximum atomic E-state index is 12.0. The Labute approximate surface area is 126 Å². The molecule has 0 spiro atoms. The zero-order valence-corrected chi connectivity index (χ0v) is 13.1. The van der Waals surface area contributed by atoms with E-state index < -0.39 is 12.2 Å². The van der Waals surface area contributed by atoms with Crippen molar-refractivity contribution in [3.63, 3.8) is 0 Å². The molecular weight excluding hydrogens is 270 g/mol. The first-order valence-corrected chi connectivity index (χ1v) is 7.38. The van der Waals surface area contributed by atoms with E-state index in [4.69, 9.17) is 4.74 Å². The number of amides is 2. The lowest BCUT2D eigenvalue weighted by atomic mass is 10.3. The number of hydrogen-bond acceptors (Lipinski definition) is 4. The number of rotatable bonds is 6. The number of hydrogen-bond donors (Lipinski definition) is 1. The number of likely N-dealkylation sites (tertiary alicyclic amines) is 1. The second kappa shape index (κ2) is 9.24. The quantitative estimate of drug-likeness (QED) is 0.578. The highest BCUT2D eigenvalue weighted by atomic mass is 16.6. The molecule has 1 heterocycles. The SMILES string of the molecule is CCCCNC(=O)OC1CCN(CC#CCN(C)C)C1=O. The molecule has 1 fully saturated rings. The van der Waals surface area contributed by atoms with Crippen LogP contribution < -0.4 is 5.32 Å². The van der Waals surface area contributed by atoms with E-state index in [2.05, 4.69) is 17.2 Å². The predicted octanol–water partition coefficient (Wildman–Crippen LogP) is 0.679. The lowest BCUT2D eigenvalue weighted by Crippen LogP contribution is -2.35. The lowest BCUT2D eigenvalue weighted by Gasteiger charge is -2.14. The van der Waals surface area contributed by atoms with Crippen LogP contribution in [-0.4, -0.2) is 68.2 Å². The molecule has 118 valence electrons. The Morgan fingerprint density at radius 1 is 1.48 bits per heavy atom. The highest BCUT2D eigenvalue weighted by Crippen LogP contribution is 2.14. The summed E-state index contributed by atoms with van der Waals surface area (Å²) in [6.07, 6.45) is 1.27. The molecular formula is C15H25N3O3. The molecule has 1 aliphatic rings. The molecule has 1 N–H and O–H groups in total. The molecule has 6 heteroatoms. The van der Waals surface area contributed by atoms with Gasteiger partial charge in [0.25, 0.3) is 5.91 Å². The van der Waals surface area contributed by atoms with Gasteiger partial charge < -0.3 is 15.0 Å². The molecule has 1 aliphatic heterocycles. The molecule has 6 nitrogen and oxygen atoms in total. The van der Waals surface area contributed by atoms with Crippen molar-refractivity contribution in [1.29, 1.82) is 0 Å². The molecule has 0 bridgehead atoms. The molecule has 0 aromatic carbocycles. The monoisotopic (exact) mass is 295 g/mol. The van der Waals surface area contributed by atoms with Crippen LogP contribution in [0.5, 0.6) is 0 Å². The van der Waals surface area contributed by atoms with Crippen molar-refractivity contribution < 1.29 is 14.3 Å². The van der Waals surface area contributed by atoms with E-state index in [1.54, 1.807) is 4.90 Å². The zero-order chi connectivity index (χ0) is 15.7. The minimum absolute atomic E-state index is 0.153. The molecule has 1 rings (SSSR count). The molecule has 21 heavy (non-hydrogen) atoms. The fourth-order valence-corrected chi connectivity index (χ4v) is 1.88. The van der Waals surface area contributed by atoms with Crippen molar-refractivity contribution in [3.8, 4) is 11.8 Å². The smallest absolute Gasteiger partial charge is 0.407 e. The maximum Gasteiger partial charge on any atom is 0.407 e. The van der Waals surface area contributed by atoms with Crippen molar-refractivity contribution in [2.24, 2.45) is 0 Å². The largest absolute Gasteiger partial charge is 0.436 e. The van der Waals surface area contributed by atoms with E-state index in [1.807, 2.05) is 25.9 Å². The minimum Gasteiger partial charge on any atom is -0.436 e. The van der Waals surface area contributed by atoms with Crippen LogP contribution in [0.2, 0.25) is 0 Å². The van der Waals surface area contributed by atoms with E-state index in [9.17, 15) is 9.59 Å². The molecule has 0 aromatic heterocycles. The van der Waals surface area contributed by atoms with Gasteiger partial charge in [0.1, 0.15) is 0 Å². The minimum atomic E-state index is -0.665. The number of carbonyl (C=O) groups is 2. The maximum absolute atomic E-state index is 12.0. The second-order valence-corrected chi connectivity index (χ2v) is 5.31. The number of alkyl carbamates (subject to hydrolysis) is 1. The summed E-state index contributed by atoms with van der Waals surface area (Å²) in [5.74, 6) is 5.79. The first kappa shape index (κ1) is 17.3. The molecule has 1 unspecified atom stereocenters. The van der Waals surface area contributed by atoms with Gasteiger partial charge in [-0.05, 0) is 20.5 Å². The van der Waals surface area contributed by atoms with Gasteiger partial charge in [0.2, 0.25) is 0 Å². The molecule has 0 aromatic rings. The Hall–Kier alpha value is -1.74. The second-order valence-electron chi connectivity index (χ2n) is 5.31. The van der Waals surface area contributed by atoms with Crippen molar-refractivity contribution >= 4 is 12.0 Å². The van der Waals surface area contributed by atoms with Crippen molar-refractivity contribution in [3.05, 3.63) is 0 Å². The molecule has 0 aliphatic carbocycles. The Kier molecular flexibility index (Phi) is 7.62. The van der Waals surface area contributed by atoms with Crippen molar-refractivity contribution in [1.82, 2.24) is 15.1 Å². The van der Waals surface area contributed by atoms with Crippen LogP contribution in [0.3, 0.4) is 0 Å². The fraction of sp³-hybridized carbons (Fsp3) is 0.733. The van der Waals surface area contributed by atoms with Crippen LogP contribution in [-0.2, 0) is 9.53 Å². The Morgan fingerprint density at radius 2 is 2.24 bits per heavy atom. The normalized spacial score (nSPS) is 17.6. The van der Waals surface area contributed by atoms with Crippen LogP contribution in [0.4, 0.5) is 4.79 Å². The third-order valence-corrected chi connectivity index (χ3v) is 3.09. The fourth-order valence-electron chi connectivity index (χ4n) is 1.88. The van der Waals surface area contributed by atoms with Gasteiger partial charge in [0, 0.05) is 19.5 Å². The Morgan fingerprint density at radius 3 is 2.90 bits per heavy atom. The number of ether oxygens (including phenoxy) is 1. The molecule has 0 saturated carbocycles. The van der Waals surface area contributed by atoms with Crippen molar-refractivity contribution in [2.45, 2.75) is 32.3 Å². The Bertz CT molecular complexity index is 412. The summed E-state index contributed by atoms with van der Waals surface area (Å²) in [4.78, 5) is 27.2. The molecule has 0 radical (unpaired) electrons. The van der Waals surface area contributed by atoms with E-state index in [1.165, 1.54) is 0 Å². The summed E-state index contributed by atoms with van der Waals surface area (Å²) in [6.45, 7) is 4.27. The summed E-state index contributed by atoms with van der Waals surface area (Å²) in [5.41, 5.74) is 0. The van der Waals surface area contributed by atoms with Gasteiger partial charge in [-0.25, -0.2) is 4.79 Å². The number of carbonyl (C=O) groups excluding carboxylic acids is 2. The molecule has 2 amide bonds. The molecule has 1 atom stereocenters. The Balaban J connectivity index is 2.31. The topological polar surface area (TPSA) is 61.9 Å². The van der Waals surface area contributed by atoms with Crippen molar-refractivity contribution in [2.75, 3.05) is 40.3 Å². The van der Waals surface area contributed by atoms with Crippen LogP contribution in [0, 0.1) is 11.8 Å². The standard InChI is InChI=1S/C15H25N3O3/c1-4-5-9-16-15(20)21-13-8-12-18(14(13)19)11-7-6-10-17(2)3/h13H,4-5,8-12H2,1-3H3,(H,16,20). The zero-order valence-electron chi connectivity index (χ0n) is 13.1. The summed E-state index contributed by atoms with van der Waals surface area (Å²) < 4.78 is 5.15. The number of unbranched alkanes of at least 4 members (excludes halogenated alkanes) is 1. The van der Waals surface area contributed by atoms with E-state index in [0.717, 1.165) is 12.8 Å². The van der Waals surface area contributed by atoms with Gasteiger partial charge in [0.15, 0.2) is 6.10 Å². The van der Waals surface area contributed by atoms with Gasteiger partial charge in [0.05, 0.1) is 13.1 Å². The summed E-state index contributed by atoms with van der Waals surface area (Å²) in [6, 6.07) is 0. The number of nitrogens with one attached hydrogen (secondary N) is 1. The first-order valence-electron chi connectivity index (χ1n) is 7.38. The van der Waals surface area contributed by atoms with Gasteiger partial charge in [-0.1, -0.05) is 25.2 Å². The third kappa shape index (κ3) is 6.50. The lowest BCUT2D eigenvalue weighted by molar-refractivity contribution is -0.134. The van der Waals surface area contributed by atoms with Crippen LogP contribution in [0.1, 0.15) is 26.2 Å². The highest BCUT2D eigenvalue weighted by Gasteiger charge is 2.33. The van der Waals surface area contributed by atoms with Gasteiger partial charge in [-0.3, -0.25) is 9.69 Å². The third-order valence-electron chi connectivity index (χ3n) is 3.09. The van der Waals surface area contributed by atoms with E-state index in [0.29, 0.717) is 32.6 Å². The predicted molar refractivity (Wildman–Crippen MR) is 80.7 cm³/mol. The van der Waals surface area contributed by atoms with Crippen LogP contribution in [0.25, 0.3) is 0 Å². The van der Waals surface area contributed by atoms with Gasteiger partial charge in [-0.2, -0.15) is 0 Å². The highest BCUT2D eigenvalue weighted by molar-refractivity contribution is 5.85.